The van der Waals surface area contributed by atoms with Crippen LogP contribution in [-0.2, 0) is 16.6 Å². The van der Waals surface area contributed by atoms with Crippen LogP contribution in [0.1, 0.15) is 37.6 Å². The van der Waals surface area contributed by atoms with Gasteiger partial charge >= 0.3 is 0 Å². The number of rotatable bonds is 9. The number of nitrogens with one attached hydrogen (secondary N) is 3. The number of thioether (sulfide) groups is 1. The first-order valence-electron chi connectivity index (χ1n) is 7.23. The van der Waals surface area contributed by atoms with E-state index in [1.54, 1.807) is 18.7 Å². The van der Waals surface area contributed by atoms with Crippen LogP contribution < -0.4 is 10.0 Å². The highest BCUT2D eigenvalue weighted by Crippen LogP contribution is 2.46. The Balaban J connectivity index is 2.09. The van der Waals surface area contributed by atoms with Crippen molar-refractivity contribution in [3.63, 3.8) is 0 Å². The van der Waals surface area contributed by atoms with Crippen LogP contribution in [0.15, 0.2) is 4.90 Å². The highest BCUT2D eigenvalue weighted by molar-refractivity contribution is 8.00. The van der Waals surface area contributed by atoms with E-state index in [-0.39, 0.29) is 4.75 Å². The van der Waals surface area contributed by atoms with Gasteiger partial charge in [-0.2, -0.15) is 16.9 Å². The molecule has 0 spiro atoms. The van der Waals surface area contributed by atoms with Crippen LogP contribution in [0.25, 0.3) is 0 Å². The van der Waals surface area contributed by atoms with Crippen molar-refractivity contribution in [3.05, 3.63) is 11.4 Å². The molecule has 8 heteroatoms. The fourth-order valence-electron chi connectivity index (χ4n) is 2.22. The molecule has 120 valence electrons. The number of hydrogen-bond donors (Lipinski definition) is 3. The van der Waals surface area contributed by atoms with Gasteiger partial charge in [-0.25, -0.2) is 13.1 Å². The zero-order valence-electron chi connectivity index (χ0n) is 12.8. The van der Waals surface area contributed by atoms with Gasteiger partial charge in [0.1, 0.15) is 4.90 Å². The van der Waals surface area contributed by atoms with Crippen molar-refractivity contribution in [3.8, 4) is 0 Å². The smallest absolute Gasteiger partial charge is 0.244 e. The van der Waals surface area contributed by atoms with Gasteiger partial charge in [0, 0.05) is 17.8 Å². The Morgan fingerprint density at radius 2 is 2.14 bits per heavy atom. The molecule has 0 bridgehead atoms. The number of nitrogens with zero attached hydrogens (tertiary/aromatic N) is 1. The molecule has 0 aromatic carbocycles. The molecule has 0 atom stereocenters. The number of H-pyrrole nitrogens is 1. The number of aryl methyl sites for hydroxylation is 1. The van der Waals surface area contributed by atoms with Gasteiger partial charge in [-0.15, -0.1) is 0 Å². The average Bonchev–Trinajstić information content (AvgIpc) is 3.14. The fraction of sp³-hybridized carbons (Fsp3) is 0.769. The molecule has 0 amide bonds. The third-order valence-corrected chi connectivity index (χ3v) is 6.80. The van der Waals surface area contributed by atoms with E-state index in [4.69, 9.17) is 0 Å². The van der Waals surface area contributed by atoms with Crippen molar-refractivity contribution >= 4 is 21.8 Å². The topological polar surface area (TPSA) is 86.9 Å². The van der Waals surface area contributed by atoms with Crippen LogP contribution in [0.2, 0.25) is 0 Å². The van der Waals surface area contributed by atoms with E-state index in [0.717, 1.165) is 25.8 Å². The maximum Gasteiger partial charge on any atom is 0.244 e. The number of hydrogen-bond acceptors (Lipinski definition) is 5. The highest BCUT2D eigenvalue weighted by atomic mass is 32.2. The summed E-state index contributed by atoms with van der Waals surface area (Å²) in [4.78, 5) is 0.294. The van der Waals surface area contributed by atoms with Crippen LogP contribution in [0.3, 0.4) is 0 Å². The molecule has 0 aliphatic heterocycles. The van der Waals surface area contributed by atoms with Gasteiger partial charge in [-0.05, 0) is 39.0 Å². The van der Waals surface area contributed by atoms with Crippen LogP contribution in [0.4, 0.5) is 0 Å². The summed E-state index contributed by atoms with van der Waals surface area (Å²) in [5.74, 6) is 0. The molecule has 0 saturated heterocycles. The van der Waals surface area contributed by atoms with Gasteiger partial charge in [0.25, 0.3) is 0 Å². The first kappa shape index (κ1) is 16.8. The van der Waals surface area contributed by atoms with Gasteiger partial charge < -0.3 is 5.32 Å². The highest BCUT2D eigenvalue weighted by Gasteiger charge is 2.43. The monoisotopic (exact) mass is 332 g/mol. The van der Waals surface area contributed by atoms with E-state index in [0.29, 0.717) is 29.4 Å². The molecule has 3 N–H and O–H groups in total. The van der Waals surface area contributed by atoms with Gasteiger partial charge in [0.15, 0.2) is 0 Å². The standard InChI is InChI=1S/C13H24N4O2S2/c1-4-7-14-8-11-12(10(2)16-17-11)21(18,19)15-9-13(20-3)5-6-13/h14-15H,4-9H2,1-3H3,(H,16,17). The Labute approximate surface area is 130 Å². The molecular weight excluding hydrogens is 308 g/mol. The predicted molar refractivity (Wildman–Crippen MR) is 86.0 cm³/mol. The first-order valence-corrected chi connectivity index (χ1v) is 9.94. The third-order valence-electron chi connectivity index (χ3n) is 3.77. The van der Waals surface area contributed by atoms with Crippen molar-refractivity contribution in [1.29, 1.82) is 0 Å². The summed E-state index contributed by atoms with van der Waals surface area (Å²) in [5.41, 5.74) is 1.15. The summed E-state index contributed by atoms with van der Waals surface area (Å²) >= 11 is 1.74. The Morgan fingerprint density at radius 1 is 1.43 bits per heavy atom. The molecule has 1 saturated carbocycles. The zero-order chi connectivity index (χ0) is 15.5. The molecule has 0 unspecified atom stereocenters. The maximum absolute atomic E-state index is 12.5. The third kappa shape index (κ3) is 4.00. The molecular formula is C13H24N4O2S2. The van der Waals surface area contributed by atoms with Crippen molar-refractivity contribution in [1.82, 2.24) is 20.2 Å². The Bertz CT molecular complexity index is 579. The van der Waals surface area contributed by atoms with E-state index in [1.807, 2.05) is 6.26 Å². The summed E-state index contributed by atoms with van der Waals surface area (Å²) in [7, 11) is -3.52. The summed E-state index contributed by atoms with van der Waals surface area (Å²) in [6.45, 7) is 5.60. The quantitative estimate of drug-likeness (QED) is 0.595. The van der Waals surface area contributed by atoms with E-state index >= 15 is 0 Å². The second kappa shape index (κ2) is 6.68. The van der Waals surface area contributed by atoms with Crippen molar-refractivity contribution < 1.29 is 8.42 Å². The lowest BCUT2D eigenvalue weighted by Gasteiger charge is -2.14. The van der Waals surface area contributed by atoms with Gasteiger partial charge in [0.2, 0.25) is 10.0 Å². The van der Waals surface area contributed by atoms with Crippen LogP contribution in [0.5, 0.6) is 0 Å². The van der Waals surface area contributed by atoms with E-state index in [2.05, 4.69) is 27.2 Å². The molecule has 2 rings (SSSR count). The minimum Gasteiger partial charge on any atom is -0.311 e. The Kier molecular flexibility index (Phi) is 5.34. The lowest BCUT2D eigenvalue weighted by molar-refractivity contribution is 0.575. The Morgan fingerprint density at radius 3 is 2.71 bits per heavy atom. The molecule has 1 aliphatic carbocycles. The minimum atomic E-state index is -3.52. The molecule has 1 fully saturated rings. The second-order valence-corrected chi connectivity index (χ2v) is 8.49. The number of aromatic nitrogens is 2. The first-order chi connectivity index (χ1) is 9.94. The SMILES string of the molecule is CCCNCc1n[nH]c(C)c1S(=O)(=O)NCC1(SC)CC1. The number of aromatic amines is 1. The lowest BCUT2D eigenvalue weighted by atomic mass is 10.3. The molecule has 0 radical (unpaired) electrons. The van der Waals surface area contributed by atoms with Crippen LogP contribution >= 0.6 is 11.8 Å². The molecule has 1 aromatic rings. The van der Waals surface area contributed by atoms with Crippen molar-refractivity contribution in [2.75, 3.05) is 19.3 Å². The normalized spacial score (nSPS) is 17.1. The van der Waals surface area contributed by atoms with Crippen molar-refractivity contribution in [2.24, 2.45) is 0 Å². The van der Waals surface area contributed by atoms with Gasteiger partial charge in [-0.1, -0.05) is 6.92 Å². The minimum absolute atomic E-state index is 0.103. The van der Waals surface area contributed by atoms with Gasteiger partial charge in [-0.3, -0.25) is 5.10 Å². The lowest BCUT2D eigenvalue weighted by Crippen LogP contribution is -2.32. The van der Waals surface area contributed by atoms with Crippen LogP contribution in [0, 0.1) is 6.92 Å². The molecule has 21 heavy (non-hydrogen) atoms. The van der Waals surface area contributed by atoms with Crippen LogP contribution in [-0.4, -0.2) is 42.7 Å². The number of sulfonamides is 1. The molecule has 1 aliphatic rings. The molecule has 1 aromatic heterocycles. The van der Waals surface area contributed by atoms with E-state index < -0.39 is 10.0 Å². The molecule has 1 heterocycles. The molecule has 6 nitrogen and oxygen atoms in total. The summed E-state index contributed by atoms with van der Waals surface area (Å²) in [5, 5.41) is 10.1. The largest absolute Gasteiger partial charge is 0.311 e. The summed E-state index contributed by atoms with van der Waals surface area (Å²) < 4.78 is 28.0. The zero-order valence-corrected chi connectivity index (χ0v) is 14.5. The predicted octanol–water partition coefficient (Wildman–Crippen LogP) is 1.39. The Hall–Kier alpha value is -0.570. The summed E-state index contributed by atoms with van der Waals surface area (Å²) in [6, 6.07) is 0. The average molecular weight is 332 g/mol. The maximum atomic E-state index is 12.5. The summed E-state index contributed by atoms with van der Waals surface area (Å²) in [6.07, 6.45) is 5.18. The van der Waals surface area contributed by atoms with Crippen molar-refractivity contribution in [2.45, 2.75) is 49.3 Å². The van der Waals surface area contributed by atoms with Gasteiger partial charge in [0.05, 0.1) is 11.4 Å². The van der Waals surface area contributed by atoms with E-state index in [9.17, 15) is 8.42 Å². The fourth-order valence-corrected chi connectivity index (χ4v) is 4.53. The van der Waals surface area contributed by atoms with E-state index in [1.165, 1.54) is 0 Å². The second-order valence-electron chi connectivity index (χ2n) is 5.51.